The molecular weight excluding hydrogens is 416 g/mol. The van der Waals surface area contributed by atoms with E-state index in [9.17, 15) is 4.79 Å². The Bertz CT molecular complexity index is 1270. The van der Waals surface area contributed by atoms with Crippen molar-refractivity contribution in [1.29, 1.82) is 0 Å². The number of ether oxygens (including phenoxy) is 1. The first-order chi connectivity index (χ1) is 13.7. The zero-order valence-corrected chi connectivity index (χ0v) is 16.3. The molecule has 0 aliphatic carbocycles. The summed E-state index contributed by atoms with van der Waals surface area (Å²) in [5.41, 5.74) is 2.61. The van der Waals surface area contributed by atoms with E-state index >= 15 is 0 Å². The lowest BCUT2D eigenvalue weighted by molar-refractivity contribution is 0.472. The minimum atomic E-state index is -0.377. The van der Waals surface area contributed by atoms with Gasteiger partial charge in [0.1, 0.15) is 17.1 Å². The summed E-state index contributed by atoms with van der Waals surface area (Å²) in [4.78, 5) is 12.9. The van der Waals surface area contributed by atoms with Gasteiger partial charge in [0.15, 0.2) is 0 Å². The molecule has 0 N–H and O–H groups in total. The molecule has 0 saturated carbocycles. The van der Waals surface area contributed by atoms with Gasteiger partial charge in [0.05, 0.1) is 10.9 Å². The second-order valence-electron chi connectivity index (χ2n) is 6.63. The first kappa shape index (κ1) is 17.0. The van der Waals surface area contributed by atoms with Crippen LogP contribution in [0.5, 0.6) is 5.75 Å². The fourth-order valence-electron chi connectivity index (χ4n) is 3.62. The van der Waals surface area contributed by atoms with Crippen LogP contribution in [0.25, 0.3) is 16.7 Å². The smallest absolute Gasteiger partial charge is 0.344 e. The molecule has 0 fully saturated rings. The Hall–Kier alpha value is -3.11. The van der Waals surface area contributed by atoms with Gasteiger partial charge in [-0.05, 0) is 29.8 Å². The lowest BCUT2D eigenvalue weighted by Crippen LogP contribution is -2.19. The average Bonchev–Trinajstić information content (AvgIpc) is 2.74. The van der Waals surface area contributed by atoms with E-state index in [2.05, 4.69) is 15.9 Å². The molecule has 1 atom stereocenters. The number of halogens is 1. The minimum absolute atomic E-state index is 0.282. The Kier molecular flexibility index (Phi) is 4.14. The van der Waals surface area contributed by atoms with Crippen LogP contribution in [0.4, 0.5) is 0 Å². The summed E-state index contributed by atoms with van der Waals surface area (Å²) in [5, 5.41) is 0.788. The van der Waals surface area contributed by atoms with Crippen molar-refractivity contribution in [1.82, 2.24) is 0 Å². The number of para-hydroxylation sites is 1. The molecule has 0 saturated heterocycles. The summed E-state index contributed by atoms with van der Waals surface area (Å²) in [6.45, 7) is 0. The average molecular weight is 431 g/mol. The van der Waals surface area contributed by atoms with E-state index in [0.717, 1.165) is 26.7 Å². The number of hydrogen-bond donors (Lipinski definition) is 0. The molecule has 1 aliphatic rings. The van der Waals surface area contributed by atoms with E-state index < -0.39 is 0 Å². The first-order valence-electron chi connectivity index (χ1n) is 8.97. The van der Waals surface area contributed by atoms with Gasteiger partial charge >= 0.3 is 5.63 Å². The number of allylic oxidation sites excluding steroid dienone is 1. The Morgan fingerprint density at radius 2 is 1.54 bits per heavy atom. The molecule has 5 rings (SSSR count). The van der Waals surface area contributed by atoms with Crippen LogP contribution in [-0.2, 0) is 0 Å². The van der Waals surface area contributed by atoms with Crippen molar-refractivity contribution in [2.45, 2.75) is 5.92 Å². The Morgan fingerprint density at radius 3 is 2.36 bits per heavy atom. The highest BCUT2D eigenvalue weighted by molar-refractivity contribution is 9.10. The molecule has 136 valence electrons. The second-order valence-corrected chi connectivity index (χ2v) is 7.48. The fourth-order valence-corrected chi connectivity index (χ4v) is 4.15. The van der Waals surface area contributed by atoms with Crippen molar-refractivity contribution in [2.24, 2.45) is 0 Å². The van der Waals surface area contributed by atoms with Gasteiger partial charge < -0.3 is 9.15 Å². The van der Waals surface area contributed by atoms with Crippen LogP contribution in [0.2, 0.25) is 0 Å². The van der Waals surface area contributed by atoms with E-state index in [4.69, 9.17) is 9.15 Å². The lowest BCUT2D eigenvalue weighted by atomic mass is 9.88. The summed E-state index contributed by atoms with van der Waals surface area (Å²) in [6, 6.07) is 25.3. The van der Waals surface area contributed by atoms with E-state index in [1.807, 2.05) is 78.9 Å². The van der Waals surface area contributed by atoms with Crippen LogP contribution < -0.4 is 10.4 Å². The van der Waals surface area contributed by atoms with Gasteiger partial charge in [0.2, 0.25) is 0 Å². The molecule has 3 aromatic carbocycles. The van der Waals surface area contributed by atoms with Crippen molar-refractivity contribution in [3.63, 3.8) is 0 Å². The third-order valence-electron chi connectivity index (χ3n) is 4.94. The quantitative estimate of drug-likeness (QED) is 0.359. The summed E-state index contributed by atoms with van der Waals surface area (Å²) < 4.78 is 12.8. The van der Waals surface area contributed by atoms with Gasteiger partial charge in [-0.25, -0.2) is 4.79 Å². The summed E-state index contributed by atoms with van der Waals surface area (Å²) in [6.07, 6.45) is 1.99. The molecule has 28 heavy (non-hydrogen) atoms. The van der Waals surface area contributed by atoms with E-state index in [0.29, 0.717) is 16.9 Å². The highest BCUT2D eigenvalue weighted by Gasteiger charge is 2.31. The van der Waals surface area contributed by atoms with Gasteiger partial charge in [-0.15, -0.1) is 0 Å². The molecule has 2 heterocycles. The Balaban J connectivity index is 1.82. The van der Waals surface area contributed by atoms with Crippen molar-refractivity contribution < 1.29 is 9.15 Å². The third kappa shape index (κ3) is 2.77. The number of hydrogen-bond acceptors (Lipinski definition) is 3. The zero-order valence-electron chi connectivity index (χ0n) is 14.8. The van der Waals surface area contributed by atoms with Gasteiger partial charge in [-0.3, -0.25) is 0 Å². The second kappa shape index (κ2) is 6.80. The first-order valence-corrected chi connectivity index (χ1v) is 9.77. The highest BCUT2D eigenvalue weighted by atomic mass is 79.9. The van der Waals surface area contributed by atoms with Crippen molar-refractivity contribution in [2.75, 3.05) is 0 Å². The normalized spacial score (nSPS) is 15.6. The molecule has 0 amide bonds. The SMILES string of the molecule is O=c1oc2ccccc2c2c1[C@@H](c1ccccc1Br)C=C(c1ccccc1)O2. The van der Waals surface area contributed by atoms with Crippen LogP contribution in [-0.4, -0.2) is 0 Å². The van der Waals surface area contributed by atoms with Gasteiger partial charge in [-0.2, -0.15) is 0 Å². The standard InChI is InChI=1S/C24H15BrO3/c25-19-12-6-4-10-16(19)18-14-21(15-8-2-1-3-9-15)27-23-17-11-5-7-13-20(17)28-24(26)22(18)23/h1-14,18H/t18-/m1/s1. The van der Waals surface area contributed by atoms with Crippen LogP contribution in [0.3, 0.4) is 0 Å². The van der Waals surface area contributed by atoms with E-state index in [1.54, 1.807) is 6.07 Å². The summed E-state index contributed by atoms with van der Waals surface area (Å²) >= 11 is 3.63. The third-order valence-corrected chi connectivity index (χ3v) is 5.66. The maximum atomic E-state index is 12.9. The Labute approximate surface area is 170 Å². The molecule has 0 spiro atoms. The lowest BCUT2D eigenvalue weighted by Gasteiger charge is -2.26. The van der Waals surface area contributed by atoms with E-state index in [-0.39, 0.29) is 11.5 Å². The number of fused-ring (bicyclic) bond motifs is 3. The van der Waals surface area contributed by atoms with Gasteiger partial charge in [-0.1, -0.05) is 76.6 Å². The summed E-state index contributed by atoms with van der Waals surface area (Å²) in [5.74, 6) is 1.01. The topological polar surface area (TPSA) is 39.4 Å². The van der Waals surface area contributed by atoms with Crippen molar-refractivity contribution in [3.05, 3.63) is 117 Å². The molecular formula is C24H15BrO3. The molecule has 4 aromatic rings. The molecule has 1 aromatic heterocycles. The van der Waals surface area contributed by atoms with Crippen LogP contribution in [0.15, 0.2) is 98.6 Å². The van der Waals surface area contributed by atoms with Crippen molar-refractivity contribution in [3.8, 4) is 5.75 Å². The number of benzene rings is 3. The number of rotatable bonds is 2. The summed E-state index contributed by atoms with van der Waals surface area (Å²) in [7, 11) is 0. The fraction of sp³-hybridized carbons (Fsp3) is 0.0417. The van der Waals surface area contributed by atoms with Crippen molar-refractivity contribution >= 4 is 32.7 Å². The maximum Gasteiger partial charge on any atom is 0.344 e. The molecule has 1 aliphatic heterocycles. The molecule has 0 unspecified atom stereocenters. The van der Waals surface area contributed by atoms with Crippen LogP contribution in [0.1, 0.15) is 22.6 Å². The Morgan fingerprint density at radius 1 is 0.821 bits per heavy atom. The predicted molar refractivity (Wildman–Crippen MR) is 114 cm³/mol. The van der Waals surface area contributed by atoms with Crippen LogP contribution in [0, 0.1) is 0 Å². The zero-order chi connectivity index (χ0) is 19.1. The predicted octanol–water partition coefficient (Wildman–Crippen LogP) is 6.12. The monoisotopic (exact) mass is 430 g/mol. The van der Waals surface area contributed by atoms with Gasteiger partial charge in [0.25, 0.3) is 0 Å². The van der Waals surface area contributed by atoms with Gasteiger partial charge in [0, 0.05) is 16.0 Å². The molecule has 4 heteroatoms. The maximum absolute atomic E-state index is 12.9. The molecule has 0 radical (unpaired) electrons. The van der Waals surface area contributed by atoms with E-state index in [1.165, 1.54) is 0 Å². The molecule has 0 bridgehead atoms. The minimum Gasteiger partial charge on any atom is -0.456 e. The largest absolute Gasteiger partial charge is 0.456 e. The van der Waals surface area contributed by atoms with Crippen LogP contribution >= 0.6 is 15.9 Å². The highest BCUT2D eigenvalue weighted by Crippen LogP contribution is 2.44. The molecule has 3 nitrogen and oxygen atoms in total.